The number of carbonyl (C=O) groups is 1. The van der Waals surface area contributed by atoms with Crippen molar-refractivity contribution in [2.24, 2.45) is 0 Å². The van der Waals surface area contributed by atoms with Crippen LogP contribution in [0.3, 0.4) is 0 Å². The van der Waals surface area contributed by atoms with Gasteiger partial charge in [-0.25, -0.2) is 19.7 Å². The maximum absolute atomic E-state index is 13.1. The number of ether oxygens (including phenoxy) is 1. The fourth-order valence-corrected chi connectivity index (χ4v) is 4.78. The third-order valence-corrected chi connectivity index (χ3v) is 6.33. The summed E-state index contributed by atoms with van der Waals surface area (Å²) in [6.07, 6.45) is -3.06. The zero-order valence-electron chi connectivity index (χ0n) is 16.9. The fraction of sp³-hybridized carbons (Fsp3) is 0.368. The summed E-state index contributed by atoms with van der Waals surface area (Å²) < 4.78 is 44.7. The monoisotopic (exact) mass is 484 g/mol. The zero-order chi connectivity index (χ0) is 22.7. The van der Waals surface area contributed by atoms with Crippen molar-refractivity contribution >= 4 is 39.7 Å². The Hall–Kier alpha value is -2.77. The summed E-state index contributed by atoms with van der Waals surface area (Å²) in [5.41, 5.74) is 0.550. The highest BCUT2D eigenvalue weighted by Crippen LogP contribution is 2.39. The van der Waals surface area contributed by atoms with E-state index in [4.69, 9.17) is 4.74 Å². The Kier molecular flexibility index (Phi) is 6.58. The Bertz CT molecular complexity index is 1090. The summed E-state index contributed by atoms with van der Waals surface area (Å²) in [7, 11) is 0. The average Bonchev–Trinajstić information content (AvgIpc) is 3.45. The second-order valence-corrected chi connectivity index (χ2v) is 8.44. The summed E-state index contributed by atoms with van der Waals surface area (Å²) in [5, 5.41) is 8.93. The highest BCUT2D eigenvalue weighted by atomic mass is 32.1. The van der Waals surface area contributed by atoms with Crippen LogP contribution >= 0.6 is 22.7 Å². The van der Waals surface area contributed by atoms with E-state index in [9.17, 15) is 18.0 Å². The van der Waals surface area contributed by atoms with Crippen LogP contribution < -0.4 is 15.5 Å². The first kappa shape index (κ1) is 22.4. The van der Waals surface area contributed by atoms with Crippen LogP contribution in [-0.2, 0) is 10.9 Å². The fourth-order valence-electron chi connectivity index (χ4n) is 3.04. The van der Waals surface area contributed by atoms with Gasteiger partial charge < -0.3 is 15.0 Å². The van der Waals surface area contributed by atoms with Gasteiger partial charge in [-0.1, -0.05) is 0 Å². The minimum absolute atomic E-state index is 0.162. The molecule has 0 atom stereocenters. The van der Waals surface area contributed by atoms with Gasteiger partial charge in [0.25, 0.3) is 0 Å². The quantitative estimate of drug-likeness (QED) is 0.560. The lowest BCUT2D eigenvalue weighted by atomic mass is 10.1. The third-order valence-electron chi connectivity index (χ3n) is 4.56. The lowest BCUT2D eigenvalue weighted by Crippen LogP contribution is -2.36. The zero-order valence-corrected chi connectivity index (χ0v) is 18.5. The topological polar surface area (TPSA) is 92.3 Å². The molecule has 170 valence electrons. The van der Waals surface area contributed by atoms with E-state index in [-0.39, 0.29) is 10.8 Å². The number of morpholine rings is 1. The number of aromatic nitrogens is 3. The van der Waals surface area contributed by atoms with E-state index in [1.807, 2.05) is 5.38 Å². The number of hydrogen-bond donors (Lipinski definition) is 2. The molecule has 0 saturated carbocycles. The minimum Gasteiger partial charge on any atom is -0.378 e. The van der Waals surface area contributed by atoms with Gasteiger partial charge >= 0.3 is 12.2 Å². The lowest BCUT2D eigenvalue weighted by molar-refractivity contribution is -0.140. The van der Waals surface area contributed by atoms with E-state index in [1.165, 1.54) is 23.6 Å². The molecule has 3 aromatic rings. The van der Waals surface area contributed by atoms with Crippen molar-refractivity contribution < 1.29 is 22.7 Å². The summed E-state index contributed by atoms with van der Waals surface area (Å²) in [5.74, 6) is 0.196. The summed E-state index contributed by atoms with van der Waals surface area (Å²) in [4.78, 5) is 26.7. The molecule has 0 spiro atoms. The first-order valence-electron chi connectivity index (χ1n) is 9.71. The van der Waals surface area contributed by atoms with Crippen LogP contribution in [0.4, 0.5) is 28.9 Å². The number of rotatable bonds is 5. The molecule has 3 aromatic heterocycles. The van der Waals surface area contributed by atoms with Gasteiger partial charge in [-0.05, 0) is 13.0 Å². The van der Waals surface area contributed by atoms with E-state index in [2.05, 4.69) is 30.5 Å². The number of thiazole rings is 2. The SMILES string of the molecule is CCNC(=O)Nc1cc(-c2nc(C(F)(F)F)cs2)c(-c2csc(N3CCOCC3)n2)cn1. The highest BCUT2D eigenvalue weighted by molar-refractivity contribution is 7.14. The van der Waals surface area contributed by atoms with Gasteiger partial charge in [0.05, 0.1) is 18.9 Å². The molecule has 13 heteroatoms. The van der Waals surface area contributed by atoms with Gasteiger partial charge in [0.15, 0.2) is 10.8 Å². The van der Waals surface area contributed by atoms with Gasteiger partial charge in [0.2, 0.25) is 0 Å². The number of pyridine rings is 1. The van der Waals surface area contributed by atoms with Gasteiger partial charge in [-0.3, -0.25) is 5.32 Å². The van der Waals surface area contributed by atoms with E-state index in [0.29, 0.717) is 36.6 Å². The van der Waals surface area contributed by atoms with Gasteiger partial charge in [-0.15, -0.1) is 22.7 Å². The molecule has 1 aliphatic rings. The molecule has 0 aromatic carbocycles. The molecule has 0 unspecified atom stereocenters. The Morgan fingerprint density at radius 3 is 2.66 bits per heavy atom. The maximum Gasteiger partial charge on any atom is 0.434 e. The van der Waals surface area contributed by atoms with E-state index in [0.717, 1.165) is 34.9 Å². The van der Waals surface area contributed by atoms with Crippen LogP contribution in [0.25, 0.3) is 21.8 Å². The highest BCUT2D eigenvalue weighted by Gasteiger charge is 2.34. The van der Waals surface area contributed by atoms with Crippen LogP contribution in [0, 0.1) is 0 Å². The predicted octanol–water partition coefficient (Wildman–Crippen LogP) is 4.33. The molecule has 0 aliphatic carbocycles. The van der Waals surface area contributed by atoms with Crippen LogP contribution in [0.5, 0.6) is 0 Å². The number of urea groups is 1. The van der Waals surface area contributed by atoms with Crippen LogP contribution in [0.15, 0.2) is 23.0 Å². The molecule has 1 aliphatic heterocycles. The first-order valence-corrected chi connectivity index (χ1v) is 11.5. The Labute approximate surface area is 189 Å². The maximum atomic E-state index is 13.1. The normalized spacial score (nSPS) is 14.4. The second-order valence-electron chi connectivity index (χ2n) is 6.75. The standard InChI is InChI=1S/C19H19F3N6O2S2/c1-2-23-17(29)27-15-7-11(16-26-14(10-31-16)19(20,21)22)12(8-24-15)13-9-32-18(25-13)28-3-5-30-6-4-28/h7-10H,2-6H2,1H3,(H2,23,24,27,29). The largest absolute Gasteiger partial charge is 0.434 e. The molecular formula is C19H19F3N6O2S2. The number of carbonyl (C=O) groups excluding carboxylic acids is 1. The molecule has 1 saturated heterocycles. The van der Waals surface area contributed by atoms with Crippen molar-refractivity contribution in [3.8, 4) is 21.8 Å². The molecule has 1 fully saturated rings. The molecule has 2 amide bonds. The molecular weight excluding hydrogens is 465 g/mol. The third kappa shape index (κ3) is 5.00. The van der Waals surface area contributed by atoms with Crippen LogP contribution in [0.2, 0.25) is 0 Å². The van der Waals surface area contributed by atoms with Crippen molar-refractivity contribution in [1.82, 2.24) is 20.3 Å². The number of amides is 2. The number of alkyl halides is 3. The van der Waals surface area contributed by atoms with Crippen molar-refractivity contribution in [3.63, 3.8) is 0 Å². The van der Waals surface area contributed by atoms with E-state index >= 15 is 0 Å². The van der Waals surface area contributed by atoms with E-state index < -0.39 is 17.9 Å². The van der Waals surface area contributed by atoms with Crippen molar-refractivity contribution in [1.29, 1.82) is 0 Å². The molecule has 4 heterocycles. The number of anilines is 2. The summed E-state index contributed by atoms with van der Waals surface area (Å²) in [6, 6.07) is 1.05. The summed E-state index contributed by atoms with van der Waals surface area (Å²) >= 11 is 2.31. The second kappa shape index (κ2) is 9.38. The van der Waals surface area contributed by atoms with Gasteiger partial charge in [0, 0.05) is 47.7 Å². The van der Waals surface area contributed by atoms with Gasteiger partial charge in [0.1, 0.15) is 10.8 Å². The molecule has 32 heavy (non-hydrogen) atoms. The van der Waals surface area contributed by atoms with Crippen LogP contribution in [-0.4, -0.2) is 53.8 Å². The first-order chi connectivity index (χ1) is 15.3. The molecule has 0 bridgehead atoms. The molecule has 0 radical (unpaired) electrons. The Morgan fingerprint density at radius 1 is 1.19 bits per heavy atom. The number of nitrogens with zero attached hydrogens (tertiary/aromatic N) is 4. The van der Waals surface area contributed by atoms with Crippen molar-refractivity contribution in [2.75, 3.05) is 43.1 Å². The average molecular weight is 485 g/mol. The smallest absolute Gasteiger partial charge is 0.378 e. The van der Waals surface area contributed by atoms with Crippen molar-refractivity contribution in [3.05, 3.63) is 28.7 Å². The number of hydrogen-bond acceptors (Lipinski definition) is 8. The number of halogens is 3. The molecule has 8 nitrogen and oxygen atoms in total. The van der Waals surface area contributed by atoms with Gasteiger partial charge in [-0.2, -0.15) is 13.2 Å². The Morgan fingerprint density at radius 2 is 1.97 bits per heavy atom. The predicted molar refractivity (Wildman–Crippen MR) is 117 cm³/mol. The number of nitrogens with one attached hydrogen (secondary N) is 2. The lowest BCUT2D eigenvalue weighted by Gasteiger charge is -2.26. The van der Waals surface area contributed by atoms with E-state index in [1.54, 1.807) is 6.92 Å². The molecule has 2 N–H and O–H groups in total. The minimum atomic E-state index is -4.55. The molecule has 4 rings (SSSR count). The Balaban J connectivity index is 1.72. The van der Waals surface area contributed by atoms with Crippen molar-refractivity contribution in [2.45, 2.75) is 13.1 Å². The van der Waals surface area contributed by atoms with Crippen LogP contribution in [0.1, 0.15) is 12.6 Å². The summed E-state index contributed by atoms with van der Waals surface area (Å²) in [6.45, 7) is 4.84.